The van der Waals surface area contributed by atoms with Crippen LogP contribution >= 0.6 is 24.0 Å². The molecule has 4 rings (SSSR count). The molecule has 32 heavy (non-hydrogen) atoms. The van der Waals surface area contributed by atoms with E-state index in [-0.39, 0.29) is 30.1 Å². The van der Waals surface area contributed by atoms with Crippen molar-refractivity contribution in [1.82, 2.24) is 20.0 Å². The number of nitrogens with zero attached hydrogens (tertiary/aromatic N) is 5. The minimum Gasteiger partial charge on any atom is -0.372 e. The minimum absolute atomic E-state index is 0. The maximum atomic E-state index is 5.99. The van der Waals surface area contributed by atoms with E-state index < -0.39 is 0 Å². The van der Waals surface area contributed by atoms with Crippen LogP contribution < -0.4 is 10.2 Å². The third kappa shape index (κ3) is 6.37. The number of nitrogens with one attached hydrogen (secondary N) is 1. The average Bonchev–Trinajstić information content (AvgIpc) is 3.24. The lowest BCUT2D eigenvalue weighted by Gasteiger charge is -2.34. The monoisotopic (exact) mass is 552 g/mol. The summed E-state index contributed by atoms with van der Waals surface area (Å²) in [4.78, 5) is 9.74. The molecule has 2 saturated heterocycles. The second-order valence-corrected chi connectivity index (χ2v) is 8.76. The van der Waals surface area contributed by atoms with Gasteiger partial charge in [0, 0.05) is 50.7 Å². The van der Waals surface area contributed by atoms with Crippen LogP contribution in [0.15, 0.2) is 41.7 Å². The van der Waals surface area contributed by atoms with Crippen molar-refractivity contribution in [3.63, 3.8) is 0 Å². The van der Waals surface area contributed by atoms with Crippen LogP contribution in [0.25, 0.3) is 0 Å². The first-order valence-electron chi connectivity index (χ1n) is 11.6. The second-order valence-electron chi connectivity index (χ2n) is 8.76. The third-order valence-electron chi connectivity index (χ3n) is 6.29. The molecule has 0 bridgehead atoms. The summed E-state index contributed by atoms with van der Waals surface area (Å²) in [6, 6.07) is 8.94. The van der Waals surface area contributed by atoms with Gasteiger partial charge in [0.05, 0.1) is 25.9 Å². The number of piperidine rings is 1. The molecule has 1 unspecified atom stereocenters. The van der Waals surface area contributed by atoms with E-state index in [9.17, 15) is 0 Å². The van der Waals surface area contributed by atoms with Crippen LogP contribution in [0.3, 0.4) is 0 Å². The Bertz CT molecular complexity index is 860. The smallest absolute Gasteiger partial charge is 0.194 e. The number of anilines is 1. The van der Waals surface area contributed by atoms with Gasteiger partial charge >= 0.3 is 0 Å². The number of halogens is 1. The molecule has 2 aliphatic rings. The van der Waals surface area contributed by atoms with Gasteiger partial charge in [0.25, 0.3) is 0 Å². The van der Waals surface area contributed by atoms with Gasteiger partial charge in [-0.1, -0.05) is 19.1 Å². The van der Waals surface area contributed by atoms with E-state index in [0.29, 0.717) is 13.2 Å². The van der Waals surface area contributed by atoms with E-state index >= 15 is 0 Å². The van der Waals surface area contributed by atoms with Crippen molar-refractivity contribution in [2.75, 3.05) is 44.2 Å². The molecule has 7 nitrogen and oxygen atoms in total. The van der Waals surface area contributed by atoms with Gasteiger partial charge in [-0.15, -0.1) is 24.0 Å². The van der Waals surface area contributed by atoms with Crippen molar-refractivity contribution >= 4 is 35.6 Å². The molecule has 1 N–H and O–H groups in total. The molecule has 0 saturated carbocycles. The predicted molar refractivity (Wildman–Crippen MR) is 141 cm³/mol. The number of aromatic nitrogens is 2. The van der Waals surface area contributed by atoms with Crippen molar-refractivity contribution in [3.05, 3.63) is 47.8 Å². The Kier molecular flexibility index (Phi) is 9.22. The summed E-state index contributed by atoms with van der Waals surface area (Å²) >= 11 is 0. The fourth-order valence-corrected chi connectivity index (χ4v) is 4.32. The number of hydrogen-bond acceptors (Lipinski definition) is 4. The Morgan fingerprint density at radius 2 is 1.94 bits per heavy atom. The second kappa shape index (κ2) is 11.9. The van der Waals surface area contributed by atoms with Crippen molar-refractivity contribution in [3.8, 4) is 0 Å². The van der Waals surface area contributed by atoms with Crippen LogP contribution in [-0.2, 0) is 18.3 Å². The first-order chi connectivity index (χ1) is 15.1. The number of hydrogen-bond donors (Lipinski definition) is 1. The summed E-state index contributed by atoms with van der Waals surface area (Å²) in [6.07, 6.45) is 6.53. The molecular formula is C24H37IN6O. The van der Waals surface area contributed by atoms with E-state index in [0.717, 1.165) is 37.1 Å². The molecule has 0 aliphatic carbocycles. The lowest BCUT2D eigenvalue weighted by molar-refractivity contribution is -0.00805. The number of rotatable bonds is 5. The van der Waals surface area contributed by atoms with E-state index in [1.165, 1.54) is 37.2 Å². The van der Waals surface area contributed by atoms with Gasteiger partial charge in [-0.2, -0.15) is 5.10 Å². The zero-order valence-corrected chi connectivity index (χ0v) is 21.9. The van der Waals surface area contributed by atoms with Gasteiger partial charge in [-0.25, -0.2) is 4.99 Å². The third-order valence-corrected chi connectivity index (χ3v) is 6.29. The van der Waals surface area contributed by atoms with E-state index in [1.807, 2.05) is 24.1 Å². The summed E-state index contributed by atoms with van der Waals surface area (Å²) in [6.45, 7) is 10.6. The number of ether oxygens (including phenoxy) is 1. The first kappa shape index (κ1) is 24.8. The highest BCUT2D eigenvalue weighted by atomic mass is 127. The Morgan fingerprint density at radius 1 is 1.19 bits per heavy atom. The first-order valence-corrected chi connectivity index (χ1v) is 11.6. The molecule has 1 atom stereocenters. The molecule has 0 amide bonds. The zero-order chi connectivity index (χ0) is 21.6. The lowest BCUT2D eigenvalue weighted by atomic mass is 9.99. The van der Waals surface area contributed by atoms with Crippen molar-refractivity contribution in [2.24, 2.45) is 18.0 Å². The molecular weight excluding hydrogens is 515 g/mol. The topological polar surface area (TPSA) is 57.9 Å². The molecule has 2 fully saturated rings. The van der Waals surface area contributed by atoms with Crippen LogP contribution in [0.5, 0.6) is 0 Å². The summed E-state index contributed by atoms with van der Waals surface area (Å²) in [5.41, 5.74) is 3.69. The fraction of sp³-hybridized carbons (Fsp3) is 0.583. The predicted octanol–water partition coefficient (Wildman–Crippen LogP) is 3.81. The number of aliphatic imine (C=N–C) groups is 1. The average molecular weight is 553 g/mol. The molecule has 8 heteroatoms. The molecule has 176 valence electrons. The summed E-state index contributed by atoms with van der Waals surface area (Å²) in [5.74, 6) is 1.81. The quantitative estimate of drug-likeness (QED) is 0.348. The van der Waals surface area contributed by atoms with Gasteiger partial charge in [0.1, 0.15) is 6.10 Å². The molecule has 2 aliphatic heterocycles. The Labute approximate surface area is 209 Å². The SMILES string of the molecule is CCNC(=NCc1ccc(N2CCC(C)CC2)cc1)N1CCOC(c2cnn(C)c2)C1.I. The minimum atomic E-state index is 0. The van der Waals surface area contributed by atoms with Crippen molar-refractivity contribution in [2.45, 2.75) is 39.3 Å². The lowest BCUT2D eigenvalue weighted by Crippen LogP contribution is -2.48. The van der Waals surface area contributed by atoms with Gasteiger partial charge in [0.15, 0.2) is 5.96 Å². The van der Waals surface area contributed by atoms with Crippen LogP contribution in [0.2, 0.25) is 0 Å². The molecule has 2 aromatic rings. The van der Waals surface area contributed by atoms with E-state index in [4.69, 9.17) is 9.73 Å². The normalized spacial score (nSPS) is 20.2. The largest absolute Gasteiger partial charge is 0.372 e. The van der Waals surface area contributed by atoms with Gasteiger partial charge in [0.2, 0.25) is 0 Å². The number of aryl methyl sites for hydroxylation is 1. The number of morpholine rings is 1. The molecule has 3 heterocycles. The Morgan fingerprint density at radius 3 is 2.59 bits per heavy atom. The highest BCUT2D eigenvalue weighted by Gasteiger charge is 2.25. The van der Waals surface area contributed by atoms with E-state index in [2.05, 4.69) is 58.3 Å². The molecule has 1 aromatic carbocycles. The van der Waals surface area contributed by atoms with E-state index in [1.54, 1.807) is 0 Å². The van der Waals surface area contributed by atoms with Gasteiger partial charge < -0.3 is 19.9 Å². The van der Waals surface area contributed by atoms with Crippen LogP contribution in [0.1, 0.15) is 43.9 Å². The van der Waals surface area contributed by atoms with Crippen LogP contribution in [0, 0.1) is 5.92 Å². The van der Waals surface area contributed by atoms with Crippen molar-refractivity contribution in [1.29, 1.82) is 0 Å². The summed E-state index contributed by atoms with van der Waals surface area (Å²) in [7, 11) is 1.94. The summed E-state index contributed by atoms with van der Waals surface area (Å²) in [5, 5.41) is 7.75. The maximum absolute atomic E-state index is 5.99. The Hall–Kier alpha value is -1.81. The highest BCUT2D eigenvalue weighted by molar-refractivity contribution is 14.0. The van der Waals surface area contributed by atoms with Crippen molar-refractivity contribution < 1.29 is 4.74 Å². The fourth-order valence-electron chi connectivity index (χ4n) is 4.32. The van der Waals surface area contributed by atoms with Gasteiger partial charge in [-0.3, -0.25) is 4.68 Å². The molecule has 0 radical (unpaired) electrons. The number of guanidine groups is 1. The molecule has 1 aromatic heterocycles. The van der Waals surface area contributed by atoms with Gasteiger partial charge in [-0.05, 0) is 43.4 Å². The highest BCUT2D eigenvalue weighted by Crippen LogP contribution is 2.24. The zero-order valence-electron chi connectivity index (χ0n) is 19.5. The Balaban J connectivity index is 0.00000289. The standard InChI is InChI=1S/C24H36N6O.HI/c1-4-25-24(30-13-14-31-23(18-30)21-16-27-28(3)17-21)26-15-20-5-7-22(8-6-20)29-11-9-19(2)10-12-29;/h5-8,16-17,19,23H,4,9-15,18H2,1-3H3,(H,25,26);1H. The number of benzene rings is 1. The van der Waals surface area contributed by atoms with Crippen LogP contribution in [-0.4, -0.2) is 60.0 Å². The summed E-state index contributed by atoms with van der Waals surface area (Å²) < 4.78 is 7.82. The maximum Gasteiger partial charge on any atom is 0.194 e. The molecule has 0 spiro atoms. The van der Waals surface area contributed by atoms with Crippen LogP contribution in [0.4, 0.5) is 5.69 Å².